The van der Waals surface area contributed by atoms with Gasteiger partial charge in [-0.05, 0) is 19.4 Å². The van der Waals surface area contributed by atoms with Crippen LogP contribution in [0.25, 0.3) is 0 Å². The van der Waals surface area contributed by atoms with E-state index < -0.39 is 6.10 Å². The van der Waals surface area contributed by atoms with E-state index in [2.05, 4.69) is 0 Å². The summed E-state index contributed by atoms with van der Waals surface area (Å²) >= 11 is 0. The molecule has 3 nitrogen and oxygen atoms in total. The molecule has 0 saturated heterocycles. The zero-order valence-corrected chi connectivity index (χ0v) is 10.4. The van der Waals surface area contributed by atoms with Crippen LogP contribution in [0, 0.1) is 5.82 Å². The average Bonchev–Trinajstić information content (AvgIpc) is 2.28. The maximum atomic E-state index is 13.9. The number of aliphatic hydroxyl groups excluding tert-OH is 2. The second kappa shape index (κ2) is 6.57. The number of aliphatic hydroxyl groups is 2. The second-order valence-electron chi connectivity index (χ2n) is 4.06. The normalized spacial score (nSPS) is 12.5. The van der Waals surface area contributed by atoms with Gasteiger partial charge in [-0.1, -0.05) is 19.1 Å². The molecule has 96 valence electrons. The highest BCUT2D eigenvalue weighted by Gasteiger charge is 2.17. The van der Waals surface area contributed by atoms with E-state index in [0.29, 0.717) is 24.3 Å². The minimum absolute atomic E-state index is 0.0341. The van der Waals surface area contributed by atoms with Crippen LogP contribution in [-0.4, -0.2) is 29.9 Å². The Bertz CT molecular complexity index is 349. The van der Waals surface area contributed by atoms with Gasteiger partial charge in [0.2, 0.25) is 0 Å². The Hall–Kier alpha value is -1.13. The van der Waals surface area contributed by atoms with Crippen LogP contribution in [0.4, 0.5) is 10.1 Å². The van der Waals surface area contributed by atoms with Crippen LogP contribution >= 0.6 is 0 Å². The van der Waals surface area contributed by atoms with Gasteiger partial charge in [-0.3, -0.25) is 0 Å². The third-order valence-electron chi connectivity index (χ3n) is 2.65. The molecule has 1 atom stereocenters. The highest BCUT2D eigenvalue weighted by molar-refractivity contribution is 5.55. The first-order chi connectivity index (χ1) is 8.11. The lowest BCUT2D eigenvalue weighted by atomic mass is 10.1. The van der Waals surface area contributed by atoms with E-state index in [1.165, 1.54) is 6.07 Å². The first-order valence-corrected chi connectivity index (χ1v) is 5.94. The molecule has 0 fully saturated rings. The van der Waals surface area contributed by atoms with Crippen LogP contribution < -0.4 is 4.90 Å². The molecule has 0 saturated carbocycles. The molecular weight excluding hydrogens is 221 g/mol. The third-order valence-corrected chi connectivity index (χ3v) is 2.65. The molecule has 0 radical (unpaired) electrons. The molecule has 0 aromatic heterocycles. The van der Waals surface area contributed by atoms with E-state index in [0.717, 1.165) is 6.42 Å². The monoisotopic (exact) mass is 241 g/mol. The summed E-state index contributed by atoms with van der Waals surface area (Å²) in [6.45, 7) is 4.60. The average molecular weight is 241 g/mol. The van der Waals surface area contributed by atoms with Crippen LogP contribution in [-0.2, 0) is 0 Å². The molecule has 1 aromatic rings. The smallest absolute Gasteiger partial charge is 0.146 e. The SMILES string of the molecule is CCCN(CCO)c1c(F)cccc1[C@@H](C)O. The quantitative estimate of drug-likeness (QED) is 0.801. The van der Waals surface area contributed by atoms with Crippen LogP contribution in [0.1, 0.15) is 31.9 Å². The maximum Gasteiger partial charge on any atom is 0.146 e. The molecule has 2 N–H and O–H groups in total. The molecule has 0 amide bonds. The third kappa shape index (κ3) is 3.41. The highest BCUT2D eigenvalue weighted by Crippen LogP contribution is 2.29. The van der Waals surface area contributed by atoms with Gasteiger partial charge in [0.1, 0.15) is 5.82 Å². The zero-order chi connectivity index (χ0) is 12.8. The predicted octanol–water partition coefficient (Wildman–Crippen LogP) is 2.09. The largest absolute Gasteiger partial charge is 0.395 e. The van der Waals surface area contributed by atoms with Crippen molar-refractivity contribution in [2.24, 2.45) is 0 Å². The Morgan fingerprint density at radius 2 is 2.06 bits per heavy atom. The zero-order valence-electron chi connectivity index (χ0n) is 10.4. The van der Waals surface area contributed by atoms with Crippen molar-refractivity contribution in [3.63, 3.8) is 0 Å². The Balaban J connectivity index is 3.14. The fourth-order valence-electron chi connectivity index (χ4n) is 1.93. The first-order valence-electron chi connectivity index (χ1n) is 5.94. The molecule has 1 rings (SSSR count). The van der Waals surface area contributed by atoms with Gasteiger partial charge in [-0.2, -0.15) is 0 Å². The van der Waals surface area contributed by atoms with Crippen LogP contribution in [0.2, 0.25) is 0 Å². The van der Waals surface area contributed by atoms with Crippen LogP contribution in [0.5, 0.6) is 0 Å². The molecule has 0 aliphatic heterocycles. The summed E-state index contributed by atoms with van der Waals surface area (Å²) < 4.78 is 13.9. The lowest BCUT2D eigenvalue weighted by Crippen LogP contribution is -2.29. The van der Waals surface area contributed by atoms with Crippen molar-refractivity contribution in [3.8, 4) is 0 Å². The molecule has 0 spiro atoms. The van der Waals surface area contributed by atoms with Gasteiger partial charge in [-0.15, -0.1) is 0 Å². The number of hydrogen-bond donors (Lipinski definition) is 2. The van der Waals surface area contributed by atoms with E-state index in [1.54, 1.807) is 24.0 Å². The Kier molecular flexibility index (Phi) is 5.38. The van der Waals surface area contributed by atoms with Gasteiger partial charge in [0.15, 0.2) is 0 Å². The lowest BCUT2D eigenvalue weighted by molar-refractivity contribution is 0.199. The maximum absolute atomic E-state index is 13.9. The van der Waals surface area contributed by atoms with Crippen LogP contribution in [0.15, 0.2) is 18.2 Å². The molecule has 0 aliphatic carbocycles. The first kappa shape index (κ1) is 13.9. The number of anilines is 1. The lowest BCUT2D eigenvalue weighted by Gasteiger charge is -2.27. The summed E-state index contributed by atoms with van der Waals surface area (Å²) in [5, 5.41) is 18.7. The predicted molar refractivity (Wildman–Crippen MR) is 66.6 cm³/mol. The van der Waals surface area contributed by atoms with E-state index >= 15 is 0 Å². The fraction of sp³-hybridized carbons (Fsp3) is 0.538. The summed E-state index contributed by atoms with van der Waals surface area (Å²) in [4.78, 5) is 1.78. The van der Waals surface area contributed by atoms with Crippen molar-refractivity contribution in [1.29, 1.82) is 0 Å². The minimum Gasteiger partial charge on any atom is -0.395 e. The van der Waals surface area contributed by atoms with Crippen molar-refractivity contribution < 1.29 is 14.6 Å². The van der Waals surface area contributed by atoms with Gasteiger partial charge in [-0.25, -0.2) is 4.39 Å². The van der Waals surface area contributed by atoms with Crippen molar-refractivity contribution >= 4 is 5.69 Å². The molecule has 17 heavy (non-hydrogen) atoms. The molecule has 0 heterocycles. The van der Waals surface area contributed by atoms with Gasteiger partial charge in [0, 0.05) is 18.7 Å². The molecule has 4 heteroatoms. The van der Waals surface area contributed by atoms with Gasteiger partial charge in [0.05, 0.1) is 18.4 Å². The van der Waals surface area contributed by atoms with Crippen molar-refractivity contribution in [2.45, 2.75) is 26.4 Å². The number of rotatable bonds is 6. The molecule has 0 bridgehead atoms. The van der Waals surface area contributed by atoms with Crippen molar-refractivity contribution in [1.82, 2.24) is 0 Å². The van der Waals surface area contributed by atoms with E-state index in [-0.39, 0.29) is 12.4 Å². The van der Waals surface area contributed by atoms with Crippen molar-refractivity contribution in [3.05, 3.63) is 29.6 Å². The number of benzene rings is 1. The van der Waals surface area contributed by atoms with Crippen molar-refractivity contribution in [2.75, 3.05) is 24.6 Å². The standard InChI is InChI=1S/C13H20FNO2/c1-3-7-15(8-9-16)13-11(10(2)17)5-4-6-12(13)14/h4-6,10,16-17H,3,7-9H2,1-2H3/t10-/m1/s1. The Morgan fingerprint density at radius 3 is 2.59 bits per heavy atom. The molecule has 0 unspecified atom stereocenters. The summed E-state index contributed by atoms with van der Waals surface area (Å²) in [6, 6.07) is 4.67. The number of halogens is 1. The molecule has 1 aromatic carbocycles. The number of para-hydroxylation sites is 1. The number of hydrogen-bond acceptors (Lipinski definition) is 3. The van der Waals surface area contributed by atoms with E-state index in [9.17, 15) is 9.50 Å². The van der Waals surface area contributed by atoms with Gasteiger partial charge in [0.25, 0.3) is 0 Å². The van der Waals surface area contributed by atoms with Gasteiger partial charge < -0.3 is 15.1 Å². The Labute approximate surface area is 101 Å². The summed E-state index contributed by atoms with van der Waals surface area (Å²) in [6.07, 6.45) is 0.131. The summed E-state index contributed by atoms with van der Waals surface area (Å²) in [5.41, 5.74) is 0.963. The molecular formula is C13H20FNO2. The topological polar surface area (TPSA) is 43.7 Å². The van der Waals surface area contributed by atoms with Crippen LogP contribution in [0.3, 0.4) is 0 Å². The minimum atomic E-state index is -0.723. The van der Waals surface area contributed by atoms with E-state index in [1.807, 2.05) is 6.92 Å². The number of nitrogens with zero attached hydrogens (tertiary/aromatic N) is 1. The second-order valence-corrected chi connectivity index (χ2v) is 4.06. The Morgan fingerprint density at radius 1 is 1.35 bits per heavy atom. The van der Waals surface area contributed by atoms with Gasteiger partial charge >= 0.3 is 0 Å². The molecule has 0 aliphatic rings. The summed E-state index contributed by atoms with van der Waals surface area (Å²) in [5.74, 6) is -0.356. The fourth-order valence-corrected chi connectivity index (χ4v) is 1.93. The van der Waals surface area contributed by atoms with E-state index in [4.69, 9.17) is 5.11 Å². The summed E-state index contributed by atoms with van der Waals surface area (Å²) in [7, 11) is 0. The highest BCUT2D eigenvalue weighted by atomic mass is 19.1.